The van der Waals surface area contributed by atoms with E-state index in [1.165, 1.54) is 5.56 Å². The number of rotatable bonds is 4. The van der Waals surface area contributed by atoms with Crippen LogP contribution in [0, 0.1) is 0 Å². The minimum atomic E-state index is 0.442. The van der Waals surface area contributed by atoms with Gasteiger partial charge in [-0.1, -0.05) is 30.7 Å². The van der Waals surface area contributed by atoms with Crippen molar-refractivity contribution in [2.75, 3.05) is 13.2 Å². The van der Waals surface area contributed by atoms with Gasteiger partial charge in [0.1, 0.15) is 0 Å². The summed E-state index contributed by atoms with van der Waals surface area (Å²) in [6, 6.07) is 7.93. The second-order valence-electron chi connectivity index (χ2n) is 3.11. The van der Waals surface area contributed by atoms with Crippen molar-refractivity contribution in [2.45, 2.75) is 19.8 Å². The Morgan fingerprint density at radius 3 is 2.46 bits per heavy atom. The summed E-state index contributed by atoms with van der Waals surface area (Å²) in [7, 11) is 0. The van der Waals surface area contributed by atoms with Crippen LogP contribution in [0.3, 0.4) is 0 Å². The second-order valence-corrected chi connectivity index (χ2v) is 3.55. The van der Waals surface area contributed by atoms with Crippen LogP contribution in [0.4, 0.5) is 0 Å². The lowest BCUT2D eigenvalue weighted by Gasteiger charge is -2.11. The first-order chi connectivity index (χ1) is 6.24. The Morgan fingerprint density at radius 2 is 1.92 bits per heavy atom. The van der Waals surface area contributed by atoms with E-state index in [9.17, 15) is 0 Å². The Morgan fingerprint density at radius 1 is 1.31 bits per heavy atom. The molecule has 1 aromatic rings. The average Bonchev–Trinajstić information content (AvgIpc) is 2.15. The van der Waals surface area contributed by atoms with Crippen LogP contribution in [-0.4, -0.2) is 13.2 Å². The molecule has 0 radical (unpaired) electrons. The average molecular weight is 199 g/mol. The fourth-order valence-corrected chi connectivity index (χ4v) is 1.31. The molecule has 72 valence electrons. The van der Waals surface area contributed by atoms with Gasteiger partial charge in [-0.25, -0.2) is 0 Å². The van der Waals surface area contributed by atoms with Crippen molar-refractivity contribution in [3.8, 4) is 0 Å². The number of halogens is 1. The molecule has 0 aliphatic rings. The van der Waals surface area contributed by atoms with Gasteiger partial charge in [0.2, 0.25) is 0 Å². The van der Waals surface area contributed by atoms with Crippen molar-refractivity contribution in [1.29, 1.82) is 0 Å². The Labute approximate surface area is 84.7 Å². The summed E-state index contributed by atoms with van der Waals surface area (Å²) >= 11 is 5.79. The van der Waals surface area contributed by atoms with Crippen LogP contribution in [0.25, 0.3) is 0 Å². The van der Waals surface area contributed by atoms with Crippen LogP contribution in [0.5, 0.6) is 0 Å². The van der Waals surface area contributed by atoms with Gasteiger partial charge in [0.05, 0.1) is 6.61 Å². The van der Waals surface area contributed by atoms with Crippen molar-refractivity contribution in [2.24, 2.45) is 0 Å². The molecule has 1 atom stereocenters. The monoisotopic (exact) mass is 198 g/mol. The molecule has 0 aliphatic heterocycles. The first-order valence-corrected chi connectivity index (χ1v) is 4.95. The van der Waals surface area contributed by atoms with Gasteiger partial charge in [-0.15, -0.1) is 0 Å². The zero-order valence-corrected chi connectivity index (χ0v) is 8.84. The second kappa shape index (κ2) is 5.25. The third kappa shape index (κ3) is 3.37. The fourth-order valence-electron chi connectivity index (χ4n) is 1.18. The van der Waals surface area contributed by atoms with Gasteiger partial charge >= 0.3 is 0 Å². The van der Waals surface area contributed by atoms with Crippen molar-refractivity contribution >= 4 is 11.6 Å². The van der Waals surface area contributed by atoms with Crippen LogP contribution < -0.4 is 0 Å². The predicted octanol–water partition coefficient (Wildman–Crippen LogP) is 3.48. The summed E-state index contributed by atoms with van der Waals surface area (Å²) in [5.41, 5.74) is 1.28. The van der Waals surface area contributed by atoms with Crippen LogP contribution in [-0.2, 0) is 4.74 Å². The maximum absolute atomic E-state index is 5.79. The fraction of sp³-hybridized carbons (Fsp3) is 0.455. The number of hydrogen-bond donors (Lipinski definition) is 0. The largest absolute Gasteiger partial charge is 0.381 e. The number of ether oxygens (including phenoxy) is 1. The summed E-state index contributed by atoms with van der Waals surface area (Å²) in [6.45, 7) is 5.71. The maximum atomic E-state index is 5.79. The van der Waals surface area contributed by atoms with Crippen molar-refractivity contribution in [3.05, 3.63) is 34.9 Å². The molecular formula is C11H15ClO. The molecule has 1 aromatic carbocycles. The Bertz CT molecular complexity index is 243. The highest BCUT2D eigenvalue weighted by atomic mass is 35.5. The van der Waals surface area contributed by atoms with E-state index in [4.69, 9.17) is 16.3 Å². The molecule has 0 amide bonds. The Hall–Kier alpha value is -0.530. The summed E-state index contributed by atoms with van der Waals surface area (Å²) < 4.78 is 5.35. The van der Waals surface area contributed by atoms with E-state index in [0.717, 1.165) is 18.2 Å². The van der Waals surface area contributed by atoms with Crippen molar-refractivity contribution < 1.29 is 4.74 Å². The van der Waals surface area contributed by atoms with E-state index in [1.54, 1.807) is 0 Å². The van der Waals surface area contributed by atoms with E-state index >= 15 is 0 Å². The van der Waals surface area contributed by atoms with Crippen LogP contribution in [0.1, 0.15) is 25.3 Å². The highest BCUT2D eigenvalue weighted by Crippen LogP contribution is 2.18. The molecule has 2 heteroatoms. The van der Waals surface area contributed by atoms with Gasteiger partial charge in [0.15, 0.2) is 0 Å². The van der Waals surface area contributed by atoms with E-state index in [1.807, 2.05) is 31.2 Å². The topological polar surface area (TPSA) is 9.23 Å². The molecule has 0 saturated carbocycles. The Kier molecular flexibility index (Phi) is 4.26. The van der Waals surface area contributed by atoms with Crippen molar-refractivity contribution in [3.63, 3.8) is 0 Å². The normalized spacial score (nSPS) is 12.8. The third-order valence-electron chi connectivity index (χ3n) is 2.01. The molecule has 0 spiro atoms. The standard InChI is InChI=1S/C11H15ClO/c1-3-13-8-9(2)10-4-6-11(12)7-5-10/h4-7,9H,3,8H2,1-2H3. The summed E-state index contributed by atoms with van der Waals surface area (Å²) in [5.74, 6) is 0.442. The lowest BCUT2D eigenvalue weighted by Crippen LogP contribution is -2.03. The first-order valence-electron chi connectivity index (χ1n) is 4.57. The molecule has 1 unspecified atom stereocenters. The number of benzene rings is 1. The van der Waals surface area contributed by atoms with Crippen LogP contribution in [0.15, 0.2) is 24.3 Å². The molecule has 0 aromatic heterocycles. The summed E-state index contributed by atoms with van der Waals surface area (Å²) in [4.78, 5) is 0. The lowest BCUT2D eigenvalue weighted by atomic mass is 10.0. The lowest BCUT2D eigenvalue weighted by molar-refractivity contribution is 0.136. The summed E-state index contributed by atoms with van der Waals surface area (Å²) in [5, 5.41) is 0.785. The molecule has 0 aliphatic carbocycles. The van der Waals surface area contributed by atoms with Gasteiger partial charge < -0.3 is 4.74 Å². The van der Waals surface area contributed by atoms with Crippen molar-refractivity contribution in [1.82, 2.24) is 0 Å². The molecule has 0 bridgehead atoms. The van der Waals surface area contributed by atoms with Crippen LogP contribution in [0.2, 0.25) is 5.02 Å². The van der Waals surface area contributed by atoms with E-state index in [2.05, 4.69) is 6.92 Å². The molecule has 1 rings (SSSR count). The predicted molar refractivity (Wildman–Crippen MR) is 56.4 cm³/mol. The molecule has 13 heavy (non-hydrogen) atoms. The van der Waals surface area contributed by atoms with Gasteiger partial charge in [0.25, 0.3) is 0 Å². The van der Waals surface area contributed by atoms with E-state index in [0.29, 0.717) is 5.92 Å². The third-order valence-corrected chi connectivity index (χ3v) is 2.26. The van der Waals surface area contributed by atoms with E-state index < -0.39 is 0 Å². The first kappa shape index (κ1) is 10.6. The quantitative estimate of drug-likeness (QED) is 0.720. The minimum absolute atomic E-state index is 0.442. The van der Waals surface area contributed by atoms with E-state index in [-0.39, 0.29) is 0 Å². The highest BCUT2D eigenvalue weighted by Gasteiger charge is 2.04. The maximum Gasteiger partial charge on any atom is 0.0531 e. The molecule has 0 saturated heterocycles. The minimum Gasteiger partial charge on any atom is -0.381 e. The molecular weight excluding hydrogens is 184 g/mol. The summed E-state index contributed by atoms with van der Waals surface area (Å²) in [6.07, 6.45) is 0. The smallest absolute Gasteiger partial charge is 0.0531 e. The molecule has 0 N–H and O–H groups in total. The SMILES string of the molecule is CCOCC(C)c1ccc(Cl)cc1. The van der Waals surface area contributed by atoms with Gasteiger partial charge in [-0.2, -0.15) is 0 Å². The number of hydrogen-bond acceptors (Lipinski definition) is 1. The van der Waals surface area contributed by atoms with Gasteiger partial charge in [-0.05, 0) is 24.6 Å². The molecule has 0 heterocycles. The highest BCUT2D eigenvalue weighted by molar-refractivity contribution is 6.30. The Balaban J connectivity index is 2.55. The zero-order chi connectivity index (χ0) is 9.68. The van der Waals surface area contributed by atoms with Gasteiger partial charge in [-0.3, -0.25) is 0 Å². The van der Waals surface area contributed by atoms with Crippen LogP contribution >= 0.6 is 11.6 Å². The van der Waals surface area contributed by atoms with Gasteiger partial charge in [0, 0.05) is 17.5 Å². The molecule has 0 fully saturated rings. The zero-order valence-electron chi connectivity index (χ0n) is 8.09. The molecule has 1 nitrogen and oxygen atoms in total.